The average molecular weight is 301 g/mol. The third-order valence-electron chi connectivity index (χ3n) is 3.13. The van der Waals surface area contributed by atoms with Crippen LogP contribution in [-0.4, -0.2) is 12.7 Å². The van der Waals surface area contributed by atoms with Crippen LogP contribution in [-0.2, 0) is 4.79 Å². The summed E-state index contributed by atoms with van der Waals surface area (Å²) in [4.78, 5) is 11.9. The first-order valence-electron chi connectivity index (χ1n) is 6.59. The second-order valence-electron chi connectivity index (χ2n) is 4.94. The third kappa shape index (κ3) is 3.93. The number of nitrogen functional groups attached to an aromatic ring is 1. The minimum Gasteiger partial charge on any atom is -0.454 e. The summed E-state index contributed by atoms with van der Waals surface area (Å²) in [6, 6.07) is 3.38. The van der Waals surface area contributed by atoms with Crippen molar-refractivity contribution in [3.63, 3.8) is 0 Å². The summed E-state index contributed by atoms with van der Waals surface area (Å²) < 4.78 is 10.5. The average Bonchev–Trinajstić information content (AvgIpc) is 2.76. The molecule has 0 saturated carbocycles. The lowest BCUT2D eigenvalue weighted by Crippen LogP contribution is -2.16. The van der Waals surface area contributed by atoms with Gasteiger partial charge >= 0.3 is 0 Å². The van der Waals surface area contributed by atoms with E-state index in [1.165, 1.54) is 0 Å². The molecule has 1 aromatic carbocycles. The third-order valence-corrected chi connectivity index (χ3v) is 3.13. The Bertz CT molecular complexity index is 480. The summed E-state index contributed by atoms with van der Waals surface area (Å²) in [5, 5.41) is 2.83. The van der Waals surface area contributed by atoms with Gasteiger partial charge < -0.3 is 20.5 Å². The Hall–Kier alpha value is -1.62. The monoisotopic (exact) mass is 300 g/mol. The zero-order valence-corrected chi connectivity index (χ0v) is 12.6. The van der Waals surface area contributed by atoms with Crippen molar-refractivity contribution in [2.24, 2.45) is 5.92 Å². The molecular weight excluding hydrogens is 280 g/mol. The number of ether oxygens (including phenoxy) is 2. The molecule has 0 aromatic heterocycles. The lowest BCUT2D eigenvalue weighted by molar-refractivity contribution is -0.117. The molecule has 0 fully saturated rings. The van der Waals surface area contributed by atoms with Gasteiger partial charge in [-0.15, -0.1) is 12.4 Å². The molecule has 5 nitrogen and oxygen atoms in total. The second kappa shape index (κ2) is 7.24. The van der Waals surface area contributed by atoms with Crippen molar-refractivity contribution >= 4 is 29.7 Å². The van der Waals surface area contributed by atoms with Gasteiger partial charge in [-0.1, -0.05) is 26.7 Å². The predicted molar refractivity (Wildman–Crippen MR) is 81.5 cm³/mol. The number of nitrogens with one attached hydrogen (secondary N) is 1. The topological polar surface area (TPSA) is 73.6 Å². The van der Waals surface area contributed by atoms with Crippen molar-refractivity contribution in [2.75, 3.05) is 17.8 Å². The molecule has 1 aromatic rings. The summed E-state index contributed by atoms with van der Waals surface area (Å²) in [6.45, 7) is 4.38. The van der Waals surface area contributed by atoms with Crippen LogP contribution in [0.1, 0.15) is 33.1 Å². The zero-order valence-electron chi connectivity index (χ0n) is 11.8. The SMILES string of the molecule is CCCC(C)CC(=O)Nc1cc2c(cc1N)OCO2.Cl. The molecule has 112 valence electrons. The number of rotatable bonds is 5. The van der Waals surface area contributed by atoms with Crippen LogP contribution in [0.15, 0.2) is 12.1 Å². The van der Waals surface area contributed by atoms with E-state index in [2.05, 4.69) is 19.2 Å². The van der Waals surface area contributed by atoms with Crippen molar-refractivity contribution < 1.29 is 14.3 Å². The molecule has 1 aliphatic heterocycles. The Labute approximate surface area is 125 Å². The Morgan fingerprint density at radius 3 is 2.70 bits per heavy atom. The van der Waals surface area contributed by atoms with Crippen LogP contribution >= 0.6 is 12.4 Å². The molecule has 0 aliphatic carbocycles. The minimum atomic E-state index is -0.0217. The number of carbonyl (C=O) groups excluding carboxylic acids is 1. The van der Waals surface area contributed by atoms with Gasteiger partial charge in [0, 0.05) is 18.6 Å². The predicted octanol–water partition coefficient (Wildman–Crippen LogP) is 3.18. The Morgan fingerprint density at radius 2 is 2.05 bits per heavy atom. The fourth-order valence-corrected chi connectivity index (χ4v) is 2.18. The van der Waals surface area contributed by atoms with Crippen LogP contribution < -0.4 is 20.5 Å². The molecule has 0 spiro atoms. The highest BCUT2D eigenvalue weighted by Gasteiger charge is 2.17. The maximum Gasteiger partial charge on any atom is 0.231 e. The number of hydrogen-bond acceptors (Lipinski definition) is 4. The Kier molecular flexibility index (Phi) is 5.95. The van der Waals surface area contributed by atoms with E-state index in [0.29, 0.717) is 35.2 Å². The highest BCUT2D eigenvalue weighted by atomic mass is 35.5. The van der Waals surface area contributed by atoms with E-state index in [1.54, 1.807) is 12.1 Å². The van der Waals surface area contributed by atoms with Crippen LogP contribution in [0, 0.1) is 5.92 Å². The highest BCUT2D eigenvalue weighted by molar-refractivity contribution is 5.94. The molecule has 1 amide bonds. The van der Waals surface area contributed by atoms with Gasteiger partial charge in [-0.2, -0.15) is 0 Å². The number of fused-ring (bicyclic) bond motifs is 1. The molecule has 0 radical (unpaired) electrons. The first-order valence-corrected chi connectivity index (χ1v) is 6.59. The molecule has 3 N–H and O–H groups in total. The van der Waals surface area contributed by atoms with Gasteiger partial charge in [-0.05, 0) is 5.92 Å². The maximum atomic E-state index is 11.9. The lowest BCUT2D eigenvalue weighted by atomic mass is 10.0. The Balaban J connectivity index is 0.00000200. The normalized spacial score (nSPS) is 13.5. The van der Waals surface area contributed by atoms with E-state index in [-0.39, 0.29) is 25.1 Å². The summed E-state index contributed by atoms with van der Waals surface area (Å²) in [7, 11) is 0. The first kappa shape index (κ1) is 16.4. The summed E-state index contributed by atoms with van der Waals surface area (Å²) in [6.07, 6.45) is 2.63. The molecule has 2 rings (SSSR count). The van der Waals surface area contributed by atoms with Gasteiger partial charge in [0.05, 0.1) is 11.4 Å². The number of nitrogens with two attached hydrogens (primary N) is 1. The van der Waals surface area contributed by atoms with Crippen LogP contribution in [0.25, 0.3) is 0 Å². The second-order valence-corrected chi connectivity index (χ2v) is 4.94. The van der Waals surface area contributed by atoms with Gasteiger partial charge in [-0.3, -0.25) is 4.79 Å². The lowest BCUT2D eigenvalue weighted by Gasteiger charge is -2.12. The molecule has 1 heterocycles. The Morgan fingerprint density at radius 1 is 1.40 bits per heavy atom. The zero-order chi connectivity index (χ0) is 13.8. The molecular formula is C14H21ClN2O3. The number of hydrogen-bond donors (Lipinski definition) is 2. The quantitative estimate of drug-likeness (QED) is 0.819. The summed E-state index contributed by atoms with van der Waals surface area (Å²) >= 11 is 0. The molecule has 20 heavy (non-hydrogen) atoms. The van der Waals surface area contributed by atoms with Gasteiger partial charge in [-0.25, -0.2) is 0 Å². The van der Waals surface area contributed by atoms with E-state index in [9.17, 15) is 4.79 Å². The van der Waals surface area contributed by atoms with Gasteiger partial charge in [0.25, 0.3) is 0 Å². The van der Waals surface area contributed by atoms with E-state index in [1.807, 2.05) is 0 Å². The van der Waals surface area contributed by atoms with E-state index in [0.717, 1.165) is 12.8 Å². The van der Waals surface area contributed by atoms with Gasteiger partial charge in [0.2, 0.25) is 12.7 Å². The van der Waals surface area contributed by atoms with Crippen molar-refractivity contribution in [3.8, 4) is 11.5 Å². The fraction of sp³-hybridized carbons (Fsp3) is 0.500. The number of carbonyl (C=O) groups is 1. The van der Waals surface area contributed by atoms with E-state index in [4.69, 9.17) is 15.2 Å². The first-order chi connectivity index (χ1) is 9.10. The van der Waals surface area contributed by atoms with E-state index < -0.39 is 0 Å². The molecule has 1 unspecified atom stereocenters. The van der Waals surface area contributed by atoms with Crippen molar-refractivity contribution in [2.45, 2.75) is 33.1 Å². The minimum absolute atomic E-state index is 0. The standard InChI is InChI=1S/C14H20N2O3.ClH/c1-3-4-9(2)5-14(17)16-11-7-13-12(6-10(11)15)18-8-19-13;/h6-7,9H,3-5,8,15H2,1-2H3,(H,16,17);1H. The maximum absolute atomic E-state index is 11.9. The molecule has 6 heteroatoms. The fourth-order valence-electron chi connectivity index (χ4n) is 2.18. The molecule has 1 atom stereocenters. The van der Waals surface area contributed by atoms with Crippen LogP contribution in [0.2, 0.25) is 0 Å². The van der Waals surface area contributed by atoms with Crippen LogP contribution in [0.3, 0.4) is 0 Å². The number of halogens is 1. The van der Waals surface area contributed by atoms with Gasteiger partial charge in [0.15, 0.2) is 11.5 Å². The molecule has 0 saturated heterocycles. The van der Waals surface area contributed by atoms with Crippen LogP contribution in [0.4, 0.5) is 11.4 Å². The van der Waals surface area contributed by atoms with Crippen molar-refractivity contribution in [1.29, 1.82) is 0 Å². The largest absolute Gasteiger partial charge is 0.454 e. The highest BCUT2D eigenvalue weighted by Crippen LogP contribution is 2.38. The summed E-state index contributed by atoms with van der Waals surface area (Å²) in [5.41, 5.74) is 6.95. The van der Waals surface area contributed by atoms with Gasteiger partial charge in [0.1, 0.15) is 0 Å². The molecule has 0 bridgehead atoms. The summed E-state index contributed by atoms with van der Waals surface area (Å²) in [5.74, 6) is 1.59. The van der Waals surface area contributed by atoms with Crippen molar-refractivity contribution in [1.82, 2.24) is 0 Å². The smallest absolute Gasteiger partial charge is 0.231 e. The number of amides is 1. The number of anilines is 2. The van der Waals surface area contributed by atoms with E-state index >= 15 is 0 Å². The number of benzene rings is 1. The molecule has 1 aliphatic rings. The van der Waals surface area contributed by atoms with Crippen molar-refractivity contribution in [3.05, 3.63) is 12.1 Å². The van der Waals surface area contributed by atoms with Crippen LogP contribution in [0.5, 0.6) is 11.5 Å².